The van der Waals surface area contributed by atoms with E-state index in [2.05, 4.69) is 13.8 Å². The quantitative estimate of drug-likeness (QED) is 0.739. The Morgan fingerprint density at radius 1 is 1.44 bits per heavy atom. The Bertz CT molecular complexity index is 262. The molecule has 1 atom stereocenters. The third kappa shape index (κ3) is 3.45. The summed E-state index contributed by atoms with van der Waals surface area (Å²) in [6, 6.07) is 0. The molecular formula is C14H27NO3. The number of hydrogen-bond donors (Lipinski definition) is 1. The Morgan fingerprint density at radius 2 is 2.06 bits per heavy atom. The smallest absolute Gasteiger partial charge is 0.313 e. The van der Waals surface area contributed by atoms with Crippen LogP contribution < -0.4 is 5.73 Å². The largest absolute Gasteiger partial charge is 0.466 e. The minimum absolute atomic E-state index is 0.131. The lowest BCUT2D eigenvalue weighted by Gasteiger charge is -2.38. The van der Waals surface area contributed by atoms with E-state index in [0.717, 1.165) is 32.5 Å². The molecule has 0 saturated carbocycles. The van der Waals surface area contributed by atoms with E-state index in [9.17, 15) is 4.79 Å². The molecule has 1 unspecified atom stereocenters. The molecule has 4 heteroatoms. The Hall–Kier alpha value is -0.610. The molecule has 4 nitrogen and oxygen atoms in total. The average Bonchev–Trinajstić information content (AvgIpc) is 2.37. The van der Waals surface area contributed by atoms with E-state index in [1.54, 1.807) is 0 Å². The Morgan fingerprint density at radius 3 is 2.50 bits per heavy atom. The predicted molar refractivity (Wildman–Crippen MR) is 71.1 cm³/mol. The van der Waals surface area contributed by atoms with Crippen molar-refractivity contribution < 1.29 is 14.3 Å². The van der Waals surface area contributed by atoms with Crippen molar-refractivity contribution in [1.82, 2.24) is 0 Å². The summed E-state index contributed by atoms with van der Waals surface area (Å²) in [6.45, 7) is 8.33. The number of nitrogens with two attached hydrogens (primary N) is 1. The zero-order valence-electron chi connectivity index (χ0n) is 11.9. The van der Waals surface area contributed by atoms with Crippen LogP contribution in [-0.2, 0) is 14.3 Å². The first-order chi connectivity index (χ1) is 8.56. The van der Waals surface area contributed by atoms with Crippen molar-refractivity contribution in [3.8, 4) is 0 Å². The minimum Gasteiger partial charge on any atom is -0.466 e. The van der Waals surface area contributed by atoms with Gasteiger partial charge < -0.3 is 15.2 Å². The second kappa shape index (κ2) is 7.10. The molecule has 1 saturated heterocycles. The summed E-state index contributed by atoms with van der Waals surface area (Å²) >= 11 is 0. The van der Waals surface area contributed by atoms with Gasteiger partial charge >= 0.3 is 5.97 Å². The molecule has 0 aromatic rings. The van der Waals surface area contributed by atoms with Gasteiger partial charge in [-0.25, -0.2) is 0 Å². The van der Waals surface area contributed by atoms with Crippen molar-refractivity contribution in [2.75, 3.05) is 26.4 Å². The molecule has 0 bridgehead atoms. The molecule has 1 fully saturated rings. The number of rotatable bonds is 6. The fraction of sp³-hybridized carbons (Fsp3) is 0.929. The first kappa shape index (κ1) is 15.4. The van der Waals surface area contributed by atoms with Crippen LogP contribution in [0.25, 0.3) is 0 Å². The van der Waals surface area contributed by atoms with E-state index in [1.165, 1.54) is 0 Å². The monoisotopic (exact) mass is 257 g/mol. The van der Waals surface area contributed by atoms with Gasteiger partial charge in [-0.15, -0.1) is 0 Å². The van der Waals surface area contributed by atoms with Crippen molar-refractivity contribution in [2.45, 2.75) is 40.0 Å². The summed E-state index contributed by atoms with van der Waals surface area (Å²) in [7, 11) is 0. The Labute approximate surface area is 110 Å². The molecule has 0 spiro atoms. The fourth-order valence-electron chi connectivity index (χ4n) is 2.70. The van der Waals surface area contributed by atoms with Gasteiger partial charge in [-0.1, -0.05) is 13.8 Å². The summed E-state index contributed by atoms with van der Waals surface area (Å²) in [5.74, 6) is 0.590. The van der Waals surface area contributed by atoms with Gasteiger partial charge in [0, 0.05) is 19.8 Å². The molecule has 1 aliphatic heterocycles. The standard InChI is InChI=1S/C14H27NO3/c1-4-18-13(16)14(10-15,11(2)3)9-12-5-7-17-8-6-12/h11-12H,4-10,15H2,1-3H3. The van der Waals surface area contributed by atoms with Crippen LogP contribution in [0.5, 0.6) is 0 Å². The van der Waals surface area contributed by atoms with Crippen LogP contribution in [0.2, 0.25) is 0 Å². The van der Waals surface area contributed by atoms with Gasteiger partial charge in [0.2, 0.25) is 0 Å². The van der Waals surface area contributed by atoms with Gasteiger partial charge in [-0.05, 0) is 38.0 Å². The Balaban J connectivity index is 2.78. The molecule has 18 heavy (non-hydrogen) atoms. The molecule has 0 radical (unpaired) electrons. The number of esters is 1. The van der Waals surface area contributed by atoms with E-state index in [1.807, 2.05) is 6.92 Å². The molecule has 1 rings (SSSR count). The van der Waals surface area contributed by atoms with Gasteiger partial charge in [0.05, 0.1) is 12.0 Å². The zero-order chi connectivity index (χ0) is 13.6. The van der Waals surface area contributed by atoms with E-state index in [4.69, 9.17) is 15.2 Å². The van der Waals surface area contributed by atoms with Gasteiger partial charge in [-0.3, -0.25) is 4.79 Å². The van der Waals surface area contributed by atoms with Crippen LogP contribution in [0.15, 0.2) is 0 Å². The first-order valence-electron chi connectivity index (χ1n) is 7.01. The van der Waals surface area contributed by atoms with E-state index in [0.29, 0.717) is 19.1 Å². The maximum Gasteiger partial charge on any atom is 0.313 e. The highest BCUT2D eigenvalue weighted by atomic mass is 16.5. The minimum atomic E-state index is -0.530. The first-order valence-corrected chi connectivity index (χ1v) is 7.01. The second-order valence-electron chi connectivity index (χ2n) is 5.50. The molecule has 0 aromatic carbocycles. The molecule has 2 N–H and O–H groups in total. The summed E-state index contributed by atoms with van der Waals surface area (Å²) in [6.07, 6.45) is 2.87. The molecule has 1 aliphatic rings. The molecule has 0 amide bonds. The summed E-state index contributed by atoms with van der Waals surface area (Å²) in [4.78, 5) is 12.3. The van der Waals surface area contributed by atoms with Crippen molar-refractivity contribution in [3.63, 3.8) is 0 Å². The normalized spacial score (nSPS) is 20.7. The number of hydrogen-bond acceptors (Lipinski definition) is 4. The highest BCUT2D eigenvalue weighted by Crippen LogP contribution is 2.38. The van der Waals surface area contributed by atoms with Crippen molar-refractivity contribution in [1.29, 1.82) is 0 Å². The van der Waals surface area contributed by atoms with Crippen LogP contribution in [0.4, 0.5) is 0 Å². The summed E-state index contributed by atoms with van der Waals surface area (Å²) in [5.41, 5.74) is 5.40. The molecule has 0 aromatic heterocycles. The summed E-state index contributed by atoms with van der Waals surface area (Å²) in [5, 5.41) is 0. The second-order valence-corrected chi connectivity index (χ2v) is 5.50. The molecule has 0 aliphatic carbocycles. The fourth-order valence-corrected chi connectivity index (χ4v) is 2.70. The SMILES string of the molecule is CCOC(=O)C(CN)(CC1CCOCC1)C(C)C. The topological polar surface area (TPSA) is 61.5 Å². The van der Waals surface area contributed by atoms with E-state index >= 15 is 0 Å². The third-order valence-corrected chi connectivity index (χ3v) is 4.15. The lowest BCUT2D eigenvalue weighted by Crippen LogP contribution is -2.46. The number of carbonyl (C=O) groups excluding carboxylic acids is 1. The van der Waals surface area contributed by atoms with Gasteiger partial charge in [-0.2, -0.15) is 0 Å². The van der Waals surface area contributed by atoms with Crippen LogP contribution in [0.1, 0.15) is 40.0 Å². The maximum absolute atomic E-state index is 12.3. The van der Waals surface area contributed by atoms with Crippen LogP contribution >= 0.6 is 0 Å². The van der Waals surface area contributed by atoms with Crippen molar-refractivity contribution in [2.24, 2.45) is 23.0 Å². The lowest BCUT2D eigenvalue weighted by atomic mass is 9.69. The zero-order valence-corrected chi connectivity index (χ0v) is 11.9. The lowest BCUT2D eigenvalue weighted by molar-refractivity contribution is -0.159. The van der Waals surface area contributed by atoms with Crippen LogP contribution in [0, 0.1) is 17.3 Å². The van der Waals surface area contributed by atoms with E-state index in [-0.39, 0.29) is 11.9 Å². The predicted octanol–water partition coefficient (Wildman–Crippen LogP) is 1.97. The highest BCUT2D eigenvalue weighted by molar-refractivity contribution is 5.77. The van der Waals surface area contributed by atoms with Gasteiger partial charge in [0.25, 0.3) is 0 Å². The molecule has 1 heterocycles. The molecular weight excluding hydrogens is 230 g/mol. The van der Waals surface area contributed by atoms with Crippen LogP contribution in [0.3, 0.4) is 0 Å². The third-order valence-electron chi connectivity index (χ3n) is 4.15. The highest BCUT2D eigenvalue weighted by Gasteiger charge is 2.43. The van der Waals surface area contributed by atoms with E-state index < -0.39 is 5.41 Å². The number of carbonyl (C=O) groups is 1. The Kier molecular flexibility index (Phi) is 6.09. The summed E-state index contributed by atoms with van der Waals surface area (Å²) < 4.78 is 10.6. The van der Waals surface area contributed by atoms with Gasteiger partial charge in [0.1, 0.15) is 0 Å². The maximum atomic E-state index is 12.3. The molecule has 106 valence electrons. The average molecular weight is 257 g/mol. The number of ether oxygens (including phenoxy) is 2. The van der Waals surface area contributed by atoms with Gasteiger partial charge in [0.15, 0.2) is 0 Å². The van der Waals surface area contributed by atoms with Crippen molar-refractivity contribution in [3.05, 3.63) is 0 Å². The van der Waals surface area contributed by atoms with Crippen LogP contribution in [-0.4, -0.2) is 32.3 Å². The van der Waals surface area contributed by atoms with Crippen molar-refractivity contribution >= 4 is 5.97 Å².